The molecule has 0 amide bonds. The standard InChI is InChI=1S/C42H26BNO2/c1-2-9-27(10-3-1)29-20-24-39-35(25-29)34-13-8-16-40-42(34)43(46-39)36-23-19-30(26-41(36)45-40)28-17-21-31(22-18-28)44-37-14-6-4-11-32(37)33-12-5-7-15-38(33)44/h1-26H. The van der Waals surface area contributed by atoms with Crippen molar-refractivity contribution in [2.75, 3.05) is 0 Å². The molecule has 7 aromatic carbocycles. The molecule has 0 fully saturated rings. The van der Waals surface area contributed by atoms with Gasteiger partial charge < -0.3 is 14.0 Å². The summed E-state index contributed by atoms with van der Waals surface area (Å²) in [5, 5.41) is 2.53. The van der Waals surface area contributed by atoms with Crippen LogP contribution in [-0.2, 0) is 0 Å². The van der Waals surface area contributed by atoms with Crippen molar-refractivity contribution in [2.45, 2.75) is 0 Å². The molecule has 2 aliphatic heterocycles. The van der Waals surface area contributed by atoms with Gasteiger partial charge in [0, 0.05) is 32.9 Å². The lowest BCUT2D eigenvalue weighted by Gasteiger charge is -2.33. The van der Waals surface area contributed by atoms with Gasteiger partial charge in [-0.1, -0.05) is 109 Å². The highest BCUT2D eigenvalue weighted by Gasteiger charge is 2.40. The zero-order valence-corrected chi connectivity index (χ0v) is 24.9. The monoisotopic (exact) mass is 587 g/mol. The van der Waals surface area contributed by atoms with Crippen molar-refractivity contribution in [3.05, 3.63) is 158 Å². The number of aromatic nitrogens is 1. The fourth-order valence-electron chi connectivity index (χ4n) is 7.34. The average Bonchev–Trinajstić information content (AvgIpc) is 3.46. The van der Waals surface area contributed by atoms with Gasteiger partial charge in [0.25, 0.3) is 0 Å². The highest BCUT2D eigenvalue weighted by Crippen LogP contribution is 2.41. The molecule has 0 radical (unpaired) electrons. The van der Waals surface area contributed by atoms with Crippen molar-refractivity contribution in [1.29, 1.82) is 0 Å². The smallest absolute Gasteiger partial charge is 0.434 e. The Kier molecular flexibility index (Phi) is 5.37. The van der Waals surface area contributed by atoms with Gasteiger partial charge in [0.1, 0.15) is 17.2 Å². The Bertz CT molecular complexity index is 2430. The van der Waals surface area contributed by atoms with Gasteiger partial charge in [0.2, 0.25) is 0 Å². The summed E-state index contributed by atoms with van der Waals surface area (Å²) in [4.78, 5) is 0. The van der Waals surface area contributed by atoms with Gasteiger partial charge >= 0.3 is 6.92 Å². The summed E-state index contributed by atoms with van der Waals surface area (Å²) < 4.78 is 15.7. The van der Waals surface area contributed by atoms with Crippen LogP contribution < -0.4 is 20.3 Å². The van der Waals surface area contributed by atoms with Crippen molar-refractivity contribution < 1.29 is 9.39 Å². The van der Waals surface area contributed by atoms with Gasteiger partial charge in [-0.25, -0.2) is 0 Å². The lowest BCUT2D eigenvalue weighted by atomic mass is 9.51. The molecule has 0 saturated carbocycles. The van der Waals surface area contributed by atoms with Gasteiger partial charge in [0.15, 0.2) is 0 Å². The maximum atomic E-state index is 6.75. The Morgan fingerprint density at radius 3 is 1.87 bits per heavy atom. The molecule has 0 saturated heterocycles. The van der Waals surface area contributed by atoms with E-state index in [1.165, 1.54) is 32.9 Å². The van der Waals surface area contributed by atoms with Crippen LogP contribution in [0.1, 0.15) is 0 Å². The maximum absolute atomic E-state index is 6.75. The van der Waals surface area contributed by atoms with E-state index in [9.17, 15) is 0 Å². The molecule has 0 unspecified atom stereocenters. The van der Waals surface area contributed by atoms with Crippen LogP contribution >= 0.6 is 0 Å². The second-order valence-corrected chi connectivity index (χ2v) is 12.1. The number of ether oxygens (including phenoxy) is 1. The highest BCUT2D eigenvalue weighted by molar-refractivity contribution is 6.84. The van der Waals surface area contributed by atoms with Gasteiger partial charge in [-0.3, -0.25) is 0 Å². The molecular formula is C42H26BNO2. The second kappa shape index (κ2) is 9.75. The average molecular weight is 587 g/mol. The first-order valence-electron chi connectivity index (χ1n) is 15.7. The Balaban J connectivity index is 1.02. The predicted molar refractivity (Wildman–Crippen MR) is 189 cm³/mol. The lowest BCUT2D eigenvalue weighted by molar-refractivity contribution is 0.479. The first-order valence-corrected chi connectivity index (χ1v) is 15.7. The van der Waals surface area contributed by atoms with E-state index in [0.29, 0.717) is 0 Å². The van der Waals surface area contributed by atoms with Gasteiger partial charge in [-0.15, -0.1) is 0 Å². The molecular weight excluding hydrogens is 561 g/mol. The Hall–Kier alpha value is -6.00. The summed E-state index contributed by atoms with van der Waals surface area (Å²) in [5.74, 6) is 2.58. The Morgan fingerprint density at radius 2 is 1.09 bits per heavy atom. The van der Waals surface area contributed by atoms with Crippen molar-refractivity contribution in [2.24, 2.45) is 0 Å². The zero-order valence-electron chi connectivity index (χ0n) is 24.9. The fourth-order valence-corrected chi connectivity index (χ4v) is 7.34. The third kappa shape index (κ3) is 3.74. The van der Waals surface area contributed by atoms with Crippen molar-refractivity contribution in [3.8, 4) is 56.3 Å². The minimum Gasteiger partial charge on any atom is -0.551 e. The summed E-state index contributed by atoms with van der Waals surface area (Å²) in [5.41, 5.74) is 12.6. The van der Waals surface area contributed by atoms with Gasteiger partial charge in [0.05, 0.1) is 11.0 Å². The van der Waals surface area contributed by atoms with Crippen molar-refractivity contribution >= 4 is 39.6 Å². The maximum Gasteiger partial charge on any atom is 0.434 e. The summed E-state index contributed by atoms with van der Waals surface area (Å²) in [6, 6.07) is 55.8. The molecule has 0 atom stereocenters. The molecule has 2 aliphatic rings. The Labute approximate surface area is 267 Å². The number of rotatable bonds is 3. The molecule has 0 bridgehead atoms. The molecule has 46 heavy (non-hydrogen) atoms. The molecule has 3 heterocycles. The van der Waals surface area contributed by atoms with Crippen LogP contribution in [0.2, 0.25) is 0 Å². The minimum atomic E-state index is -0.225. The van der Waals surface area contributed by atoms with E-state index in [1.54, 1.807) is 0 Å². The number of benzene rings is 7. The number of para-hydroxylation sites is 2. The van der Waals surface area contributed by atoms with Crippen LogP contribution in [0.15, 0.2) is 158 Å². The second-order valence-electron chi connectivity index (χ2n) is 12.1. The lowest BCUT2D eigenvalue weighted by Crippen LogP contribution is -2.53. The molecule has 0 spiro atoms. The summed E-state index contributed by atoms with van der Waals surface area (Å²) >= 11 is 0. The van der Waals surface area contributed by atoms with E-state index in [4.69, 9.17) is 9.39 Å². The van der Waals surface area contributed by atoms with E-state index >= 15 is 0 Å². The molecule has 0 N–H and O–H groups in total. The minimum absolute atomic E-state index is 0.225. The van der Waals surface area contributed by atoms with Crippen LogP contribution in [0.25, 0.3) is 60.9 Å². The molecule has 0 aliphatic carbocycles. The van der Waals surface area contributed by atoms with Crippen LogP contribution in [-0.4, -0.2) is 11.5 Å². The molecule has 1 aromatic heterocycles. The van der Waals surface area contributed by atoms with Crippen molar-refractivity contribution in [1.82, 2.24) is 4.57 Å². The normalized spacial score (nSPS) is 12.7. The first-order chi connectivity index (χ1) is 22.8. The molecule has 3 nitrogen and oxygen atoms in total. The summed E-state index contributed by atoms with van der Waals surface area (Å²) in [6.07, 6.45) is 0. The van der Waals surface area contributed by atoms with Crippen LogP contribution in [0.4, 0.5) is 0 Å². The van der Waals surface area contributed by atoms with Crippen molar-refractivity contribution in [3.63, 3.8) is 0 Å². The van der Waals surface area contributed by atoms with Gasteiger partial charge in [-0.05, 0) is 76.3 Å². The summed E-state index contributed by atoms with van der Waals surface area (Å²) in [7, 11) is 0. The van der Waals surface area contributed by atoms with Gasteiger partial charge in [-0.2, -0.15) is 0 Å². The quantitative estimate of drug-likeness (QED) is 0.192. The molecule has 8 aromatic rings. The van der Waals surface area contributed by atoms with E-state index < -0.39 is 0 Å². The number of hydrogen-bond donors (Lipinski definition) is 0. The molecule has 214 valence electrons. The third-order valence-corrected chi connectivity index (χ3v) is 9.50. The number of hydrogen-bond acceptors (Lipinski definition) is 2. The number of nitrogens with zero attached hydrogens (tertiary/aromatic N) is 1. The van der Waals surface area contributed by atoms with Crippen LogP contribution in [0.3, 0.4) is 0 Å². The summed E-state index contributed by atoms with van der Waals surface area (Å²) in [6.45, 7) is -0.225. The highest BCUT2D eigenvalue weighted by atomic mass is 16.5. The Morgan fingerprint density at radius 1 is 0.435 bits per heavy atom. The van der Waals surface area contributed by atoms with E-state index in [-0.39, 0.29) is 6.92 Å². The number of fused-ring (bicyclic) bond motifs is 7. The van der Waals surface area contributed by atoms with Crippen LogP contribution in [0.5, 0.6) is 17.2 Å². The van der Waals surface area contributed by atoms with E-state index in [0.717, 1.165) is 56.1 Å². The molecule has 4 heteroatoms. The molecule has 10 rings (SSSR count). The largest absolute Gasteiger partial charge is 0.551 e. The topological polar surface area (TPSA) is 23.4 Å². The fraction of sp³-hybridized carbons (Fsp3) is 0. The third-order valence-electron chi connectivity index (χ3n) is 9.50. The zero-order chi connectivity index (χ0) is 30.2. The van der Waals surface area contributed by atoms with E-state index in [1.807, 2.05) is 6.07 Å². The first kappa shape index (κ1) is 25.3. The van der Waals surface area contributed by atoms with E-state index in [2.05, 4.69) is 156 Å². The van der Waals surface area contributed by atoms with Crippen LogP contribution in [0, 0.1) is 0 Å². The SMILES string of the molecule is c1ccc(-c2ccc3c(c2)-c2cccc4c2B(O3)c2ccc(-c3ccc(-n5c6ccccc6c6ccccc65)cc3)cc2O4)cc1. The predicted octanol–water partition coefficient (Wildman–Crippen LogP) is 9.39.